The van der Waals surface area contributed by atoms with Gasteiger partial charge in [0.1, 0.15) is 0 Å². The average Bonchev–Trinajstić information content (AvgIpc) is 2.49. The highest BCUT2D eigenvalue weighted by molar-refractivity contribution is 6.32. The first-order valence-electron chi connectivity index (χ1n) is 7.23. The largest absolute Gasteiger partial charge is 0.489 e. The molecule has 2 rings (SSSR count). The topological polar surface area (TPSA) is 18.5 Å². The van der Waals surface area contributed by atoms with Crippen LogP contribution in [0.15, 0.2) is 18.2 Å². The predicted octanol–water partition coefficient (Wildman–Crippen LogP) is 5.49. The molecule has 22 heavy (non-hydrogen) atoms. The van der Waals surface area contributed by atoms with Crippen LogP contribution in [0, 0.1) is 5.92 Å². The highest BCUT2D eigenvalue weighted by Crippen LogP contribution is 2.42. The van der Waals surface area contributed by atoms with E-state index in [1.54, 1.807) is 12.1 Å². The molecule has 0 saturated heterocycles. The van der Waals surface area contributed by atoms with Gasteiger partial charge >= 0.3 is 6.18 Å². The zero-order valence-electron chi connectivity index (χ0n) is 12.4. The molecule has 1 atom stereocenters. The summed E-state index contributed by atoms with van der Waals surface area (Å²) in [6.07, 6.45) is -2.27. The summed E-state index contributed by atoms with van der Waals surface area (Å²) in [4.78, 5) is 0. The van der Waals surface area contributed by atoms with Gasteiger partial charge in [0.15, 0.2) is 11.5 Å². The Morgan fingerprint density at radius 3 is 2.55 bits per heavy atom. The van der Waals surface area contributed by atoms with E-state index in [1.165, 1.54) is 6.08 Å². The van der Waals surface area contributed by atoms with E-state index in [9.17, 15) is 13.2 Å². The molecule has 0 amide bonds. The lowest BCUT2D eigenvalue weighted by Crippen LogP contribution is -2.34. The van der Waals surface area contributed by atoms with Crippen molar-refractivity contribution in [2.75, 3.05) is 6.61 Å². The van der Waals surface area contributed by atoms with Crippen LogP contribution in [0.1, 0.15) is 32.3 Å². The fraction of sp³-hybridized carbons (Fsp3) is 0.500. The van der Waals surface area contributed by atoms with Crippen LogP contribution in [0.4, 0.5) is 13.2 Å². The third-order valence-electron chi connectivity index (χ3n) is 3.74. The van der Waals surface area contributed by atoms with Crippen molar-refractivity contribution in [3.8, 4) is 11.5 Å². The molecule has 122 valence electrons. The average molecular weight is 335 g/mol. The Kier molecular flexibility index (Phi) is 5.27. The molecular formula is C16H18ClF3O2. The fourth-order valence-corrected chi connectivity index (χ4v) is 2.42. The minimum absolute atomic E-state index is 0.0586. The summed E-state index contributed by atoms with van der Waals surface area (Å²) in [5.74, 6) is 0.706. The van der Waals surface area contributed by atoms with E-state index in [0.717, 1.165) is 18.9 Å². The van der Waals surface area contributed by atoms with Crippen molar-refractivity contribution < 1.29 is 22.6 Å². The van der Waals surface area contributed by atoms with E-state index < -0.39 is 12.3 Å². The quantitative estimate of drug-likeness (QED) is 0.708. The molecule has 1 aromatic rings. The number of alkyl halides is 3. The molecule has 0 fully saturated rings. The Labute approximate surface area is 132 Å². The van der Waals surface area contributed by atoms with E-state index in [0.29, 0.717) is 28.9 Å². The summed E-state index contributed by atoms with van der Waals surface area (Å²) < 4.78 is 49.3. The Bertz CT molecular complexity index is 551. The zero-order chi connectivity index (χ0) is 16.3. The number of hydrogen-bond acceptors (Lipinski definition) is 2. The summed E-state index contributed by atoms with van der Waals surface area (Å²) in [6, 6.07) is 3.15. The second-order valence-electron chi connectivity index (χ2n) is 5.22. The molecular weight excluding hydrogens is 317 g/mol. The molecule has 1 aliphatic heterocycles. The molecule has 1 unspecified atom stereocenters. The Balaban J connectivity index is 2.26. The van der Waals surface area contributed by atoms with Crippen molar-refractivity contribution >= 4 is 17.7 Å². The smallest absolute Gasteiger partial charge is 0.429 e. The first-order valence-corrected chi connectivity index (χ1v) is 7.61. The minimum Gasteiger partial charge on any atom is -0.489 e. The highest BCUT2D eigenvalue weighted by atomic mass is 35.5. The van der Waals surface area contributed by atoms with Gasteiger partial charge in [-0.1, -0.05) is 38.3 Å². The number of fused-ring (bicyclic) bond motifs is 1. The van der Waals surface area contributed by atoms with Gasteiger partial charge < -0.3 is 9.47 Å². The maximum atomic E-state index is 12.8. The first kappa shape index (κ1) is 17.0. The lowest BCUT2D eigenvalue weighted by molar-refractivity contribution is -0.180. The van der Waals surface area contributed by atoms with Crippen molar-refractivity contribution in [3.05, 3.63) is 28.8 Å². The van der Waals surface area contributed by atoms with Gasteiger partial charge in [0.25, 0.3) is 0 Å². The van der Waals surface area contributed by atoms with Crippen LogP contribution in [0.25, 0.3) is 6.08 Å². The molecule has 0 N–H and O–H groups in total. The summed E-state index contributed by atoms with van der Waals surface area (Å²) in [7, 11) is 0. The Morgan fingerprint density at radius 2 is 1.95 bits per heavy atom. The predicted molar refractivity (Wildman–Crippen MR) is 80.5 cm³/mol. The maximum Gasteiger partial charge on any atom is 0.429 e. The first-order chi connectivity index (χ1) is 10.4. The second-order valence-corrected chi connectivity index (χ2v) is 5.63. The lowest BCUT2D eigenvalue weighted by Gasteiger charge is -2.26. The maximum absolute atomic E-state index is 12.8. The van der Waals surface area contributed by atoms with Gasteiger partial charge in [0.2, 0.25) is 6.10 Å². The summed E-state index contributed by atoms with van der Waals surface area (Å²) in [5.41, 5.74) is 0.421. The summed E-state index contributed by atoms with van der Waals surface area (Å²) >= 11 is 6.03. The van der Waals surface area contributed by atoms with Crippen molar-refractivity contribution in [1.82, 2.24) is 0 Å². The SMILES string of the molecule is CCC(CC)COc1ccc(Cl)c2c1OC(C(F)(F)F)C=C2. The van der Waals surface area contributed by atoms with Gasteiger partial charge in [0.05, 0.1) is 11.6 Å². The van der Waals surface area contributed by atoms with Crippen molar-refractivity contribution in [2.24, 2.45) is 5.92 Å². The molecule has 0 aromatic heterocycles. The van der Waals surface area contributed by atoms with Gasteiger partial charge in [-0.3, -0.25) is 0 Å². The molecule has 2 nitrogen and oxygen atoms in total. The third kappa shape index (κ3) is 3.69. The van der Waals surface area contributed by atoms with Crippen LogP contribution in [0.3, 0.4) is 0 Å². The summed E-state index contributed by atoms with van der Waals surface area (Å²) in [6.45, 7) is 4.53. The van der Waals surface area contributed by atoms with E-state index in [4.69, 9.17) is 21.1 Å². The molecule has 0 saturated carbocycles. The van der Waals surface area contributed by atoms with Crippen LogP contribution in [0.2, 0.25) is 5.02 Å². The normalized spacial score (nSPS) is 17.3. The van der Waals surface area contributed by atoms with Gasteiger partial charge in [-0.05, 0) is 30.2 Å². The molecule has 1 heterocycles. The van der Waals surface area contributed by atoms with Crippen LogP contribution in [-0.2, 0) is 0 Å². The van der Waals surface area contributed by atoms with Gasteiger partial charge in [-0.2, -0.15) is 13.2 Å². The summed E-state index contributed by atoms with van der Waals surface area (Å²) in [5, 5.41) is 0.335. The van der Waals surface area contributed by atoms with E-state index in [2.05, 4.69) is 0 Å². The van der Waals surface area contributed by atoms with Gasteiger partial charge in [0, 0.05) is 5.56 Å². The molecule has 0 spiro atoms. The minimum atomic E-state index is -4.47. The van der Waals surface area contributed by atoms with Crippen molar-refractivity contribution in [3.63, 3.8) is 0 Å². The third-order valence-corrected chi connectivity index (χ3v) is 4.07. The van der Waals surface area contributed by atoms with Crippen molar-refractivity contribution in [1.29, 1.82) is 0 Å². The van der Waals surface area contributed by atoms with E-state index >= 15 is 0 Å². The van der Waals surface area contributed by atoms with Crippen LogP contribution < -0.4 is 9.47 Å². The molecule has 6 heteroatoms. The molecule has 0 aliphatic carbocycles. The van der Waals surface area contributed by atoms with E-state index in [-0.39, 0.29) is 5.75 Å². The van der Waals surface area contributed by atoms with Crippen LogP contribution >= 0.6 is 11.6 Å². The number of rotatable bonds is 5. The van der Waals surface area contributed by atoms with Crippen molar-refractivity contribution in [2.45, 2.75) is 39.0 Å². The Hall–Kier alpha value is -1.36. The number of ether oxygens (including phenoxy) is 2. The number of halogens is 4. The molecule has 0 radical (unpaired) electrons. The van der Waals surface area contributed by atoms with Crippen LogP contribution in [-0.4, -0.2) is 18.9 Å². The van der Waals surface area contributed by atoms with E-state index in [1.807, 2.05) is 13.8 Å². The molecule has 1 aromatic carbocycles. The van der Waals surface area contributed by atoms with Crippen LogP contribution in [0.5, 0.6) is 11.5 Å². The molecule has 1 aliphatic rings. The molecule has 0 bridgehead atoms. The standard InChI is InChI=1S/C16H18ClF3O2/c1-3-10(4-2)9-21-13-7-6-12(17)11-5-8-14(16(18,19)20)22-15(11)13/h5-8,10,14H,3-4,9H2,1-2H3. The van der Waals surface area contributed by atoms with Gasteiger partial charge in [-0.15, -0.1) is 0 Å². The Morgan fingerprint density at radius 1 is 1.27 bits per heavy atom. The lowest BCUT2D eigenvalue weighted by atomic mass is 10.1. The monoisotopic (exact) mass is 334 g/mol. The second kappa shape index (κ2) is 6.82. The number of benzene rings is 1. The van der Waals surface area contributed by atoms with Gasteiger partial charge in [-0.25, -0.2) is 0 Å². The highest BCUT2D eigenvalue weighted by Gasteiger charge is 2.42. The fourth-order valence-electron chi connectivity index (χ4n) is 2.20. The number of hydrogen-bond donors (Lipinski definition) is 0. The zero-order valence-corrected chi connectivity index (χ0v) is 13.2.